The highest BCUT2D eigenvalue weighted by atomic mass is 16.7. The number of nitrogens with one attached hydrogen (secondary N) is 1. The van der Waals surface area contributed by atoms with Crippen LogP contribution in [0.5, 0.6) is 0 Å². The van der Waals surface area contributed by atoms with Crippen molar-refractivity contribution in [2.75, 3.05) is 13.2 Å². The van der Waals surface area contributed by atoms with Crippen LogP contribution in [-0.4, -0.2) is 87.5 Å². The highest BCUT2D eigenvalue weighted by Gasteiger charge is 2.44. The van der Waals surface area contributed by atoms with Crippen LogP contribution in [0.2, 0.25) is 0 Å². The first-order valence-corrected chi connectivity index (χ1v) is 35.1. The molecule has 0 radical (unpaired) electrons. The molecule has 0 aromatic rings. The number of hydrogen-bond donors (Lipinski definition) is 6. The third-order valence-electron chi connectivity index (χ3n) is 17.0. The van der Waals surface area contributed by atoms with Gasteiger partial charge in [-0.1, -0.05) is 334 Å². The molecule has 0 bridgehead atoms. The lowest BCUT2D eigenvalue weighted by Crippen LogP contribution is -2.60. The van der Waals surface area contributed by atoms with Gasteiger partial charge >= 0.3 is 0 Å². The fourth-order valence-corrected chi connectivity index (χ4v) is 11.5. The van der Waals surface area contributed by atoms with Gasteiger partial charge in [-0.3, -0.25) is 4.79 Å². The predicted octanol–water partition coefficient (Wildman–Crippen LogP) is 18.9. The second-order valence-electron chi connectivity index (χ2n) is 24.7. The Bertz CT molecular complexity index is 1300. The van der Waals surface area contributed by atoms with Crippen LogP contribution < -0.4 is 5.32 Å². The largest absolute Gasteiger partial charge is 0.394 e. The summed E-state index contributed by atoms with van der Waals surface area (Å²) in [6.45, 7) is 3.84. The number of aliphatic hydroxyl groups excluding tert-OH is 5. The van der Waals surface area contributed by atoms with Crippen molar-refractivity contribution in [3.8, 4) is 0 Å². The first-order valence-electron chi connectivity index (χ1n) is 35.1. The Hall–Kier alpha value is -1.33. The van der Waals surface area contributed by atoms with Gasteiger partial charge in [0.1, 0.15) is 24.4 Å². The van der Waals surface area contributed by atoms with Crippen LogP contribution in [0.25, 0.3) is 0 Å². The molecule has 1 aliphatic heterocycles. The maximum absolute atomic E-state index is 13.1. The number of hydrogen-bond acceptors (Lipinski definition) is 8. The van der Waals surface area contributed by atoms with Crippen molar-refractivity contribution in [2.45, 2.75) is 403 Å². The normalized spacial score (nSPS) is 18.6. The molecule has 468 valence electrons. The summed E-state index contributed by atoms with van der Waals surface area (Å²) < 4.78 is 11.3. The third-order valence-corrected chi connectivity index (χ3v) is 17.0. The summed E-state index contributed by atoms with van der Waals surface area (Å²) in [5.41, 5.74) is 0. The summed E-state index contributed by atoms with van der Waals surface area (Å²) in [5.74, 6) is -0.169. The number of ether oxygens (including phenoxy) is 2. The molecule has 1 heterocycles. The van der Waals surface area contributed by atoms with Crippen LogP contribution in [0.3, 0.4) is 0 Å². The van der Waals surface area contributed by atoms with Crippen LogP contribution in [0.4, 0.5) is 0 Å². The van der Waals surface area contributed by atoms with Crippen LogP contribution in [0, 0.1) is 0 Å². The van der Waals surface area contributed by atoms with E-state index in [1.807, 2.05) is 6.08 Å². The number of carbonyl (C=O) groups excluding carboxylic acids is 1. The molecule has 79 heavy (non-hydrogen) atoms. The lowest BCUT2D eigenvalue weighted by atomic mass is 9.99. The standard InChI is InChI=1S/C70H135NO8/c1-3-5-7-9-11-13-15-17-19-21-23-25-27-28-29-30-31-32-33-34-35-36-38-40-42-44-46-48-50-52-54-56-58-60-66(74)71-63(62-78-70-69(77)68(76)67(75)65(61-72)79-70)64(73)59-57-55-53-51-49-47-45-43-41-39-37-26-24-22-20-18-16-14-12-10-8-6-4-2/h28-29,57,59,63-65,67-70,72-73,75-77H,3-27,30-56,58,60-62H2,1-2H3,(H,71,74)/b29-28-,59-57+. The van der Waals surface area contributed by atoms with E-state index in [0.29, 0.717) is 6.42 Å². The summed E-state index contributed by atoms with van der Waals surface area (Å²) in [6, 6.07) is -0.804. The smallest absolute Gasteiger partial charge is 0.220 e. The van der Waals surface area contributed by atoms with E-state index < -0.39 is 49.5 Å². The van der Waals surface area contributed by atoms with E-state index in [9.17, 15) is 30.3 Å². The molecule has 9 heteroatoms. The molecule has 7 atom stereocenters. The minimum Gasteiger partial charge on any atom is -0.394 e. The SMILES string of the molecule is CCCCCCCCCCCCCC/C=C\CCCCCCCCCCCCCCCCCCCC(=O)NC(COC1OC(CO)C(O)C(O)C1O)C(O)/C=C/CCCCCCCCCCCCCCCCCCCCCCC. The maximum Gasteiger partial charge on any atom is 0.220 e. The molecular weight excluding hydrogens is 983 g/mol. The molecule has 0 aromatic carbocycles. The molecule has 9 nitrogen and oxygen atoms in total. The van der Waals surface area contributed by atoms with Gasteiger partial charge in [0, 0.05) is 6.42 Å². The van der Waals surface area contributed by atoms with E-state index in [1.54, 1.807) is 6.08 Å². The average molecular weight is 1120 g/mol. The van der Waals surface area contributed by atoms with Crippen LogP contribution in [0.15, 0.2) is 24.3 Å². The summed E-state index contributed by atoms with van der Waals surface area (Å²) in [7, 11) is 0. The second-order valence-corrected chi connectivity index (χ2v) is 24.7. The number of carbonyl (C=O) groups is 1. The number of allylic oxidation sites excluding steroid dienone is 3. The van der Waals surface area contributed by atoms with E-state index in [0.717, 1.165) is 38.5 Å². The monoisotopic (exact) mass is 1120 g/mol. The van der Waals surface area contributed by atoms with E-state index in [-0.39, 0.29) is 12.5 Å². The van der Waals surface area contributed by atoms with Crippen LogP contribution in [0.1, 0.15) is 361 Å². The summed E-state index contributed by atoms with van der Waals surface area (Å²) in [6.07, 6.45) is 71.4. The predicted molar refractivity (Wildman–Crippen MR) is 337 cm³/mol. The Morgan fingerprint density at radius 2 is 0.709 bits per heavy atom. The van der Waals surface area contributed by atoms with Crippen LogP contribution >= 0.6 is 0 Å². The zero-order valence-corrected chi connectivity index (χ0v) is 52.4. The van der Waals surface area contributed by atoms with E-state index in [2.05, 4.69) is 31.3 Å². The zero-order chi connectivity index (χ0) is 57.2. The minimum absolute atomic E-state index is 0.169. The van der Waals surface area contributed by atoms with E-state index in [4.69, 9.17) is 9.47 Å². The molecule has 7 unspecified atom stereocenters. The van der Waals surface area contributed by atoms with Crippen molar-refractivity contribution in [1.82, 2.24) is 5.32 Å². The Balaban J connectivity index is 2.11. The quantitative estimate of drug-likeness (QED) is 0.0261. The Kier molecular flexibility index (Phi) is 57.3. The molecule has 6 N–H and O–H groups in total. The fraction of sp³-hybridized carbons (Fsp3) is 0.929. The molecule has 0 saturated carbocycles. The Morgan fingerprint density at radius 1 is 0.418 bits per heavy atom. The third kappa shape index (κ3) is 48.7. The highest BCUT2D eigenvalue weighted by molar-refractivity contribution is 5.76. The average Bonchev–Trinajstić information content (AvgIpc) is 3.47. The number of rotatable bonds is 62. The van der Waals surface area contributed by atoms with E-state index in [1.165, 1.54) is 302 Å². The first-order chi connectivity index (χ1) is 38.8. The fourth-order valence-electron chi connectivity index (χ4n) is 11.5. The van der Waals surface area contributed by atoms with Crippen LogP contribution in [-0.2, 0) is 14.3 Å². The van der Waals surface area contributed by atoms with Gasteiger partial charge in [-0.2, -0.15) is 0 Å². The van der Waals surface area contributed by atoms with E-state index >= 15 is 0 Å². The van der Waals surface area contributed by atoms with Gasteiger partial charge in [0.2, 0.25) is 5.91 Å². The topological polar surface area (TPSA) is 149 Å². The van der Waals surface area contributed by atoms with Gasteiger partial charge in [0.05, 0.1) is 25.4 Å². The number of amides is 1. The van der Waals surface area contributed by atoms with Gasteiger partial charge in [-0.25, -0.2) is 0 Å². The molecule has 1 saturated heterocycles. The number of unbranched alkanes of at least 4 members (excludes halogenated alkanes) is 50. The van der Waals surface area contributed by atoms with Crippen molar-refractivity contribution < 1.29 is 39.8 Å². The molecule has 1 aliphatic rings. The van der Waals surface area contributed by atoms with Gasteiger partial charge in [-0.15, -0.1) is 0 Å². The van der Waals surface area contributed by atoms with Gasteiger partial charge in [0.15, 0.2) is 6.29 Å². The molecule has 1 amide bonds. The van der Waals surface area contributed by atoms with Crippen molar-refractivity contribution in [3.63, 3.8) is 0 Å². The molecule has 0 aliphatic carbocycles. The Labute approximate surface area is 489 Å². The summed E-state index contributed by atoms with van der Waals surface area (Å²) in [4.78, 5) is 13.1. The molecule has 1 rings (SSSR count). The lowest BCUT2D eigenvalue weighted by molar-refractivity contribution is -0.302. The first kappa shape index (κ1) is 75.7. The van der Waals surface area contributed by atoms with Gasteiger partial charge < -0.3 is 40.3 Å². The van der Waals surface area contributed by atoms with Crippen molar-refractivity contribution >= 4 is 5.91 Å². The van der Waals surface area contributed by atoms with Gasteiger partial charge in [0.25, 0.3) is 0 Å². The molecular formula is C70H135NO8. The van der Waals surface area contributed by atoms with Crippen molar-refractivity contribution in [1.29, 1.82) is 0 Å². The van der Waals surface area contributed by atoms with Gasteiger partial charge in [-0.05, 0) is 44.9 Å². The lowest BCUT2D eigenvalue weighted by Gasteiger charge is -2.40. The molecule has 1 fully saturated rings. The van der Waals surface area contributed by atoms with Crippen molar-refractivity contribution in [2.24, 2.45) is 0 Å². The van der Waals surface area contributed by atoms with Crippen molar-refractivity contribution in [3.05, 3.63) is 24.3 Å². The minimum atomic E-state index is -1.57. The number of aliphatic hydroxyl groups is 5. The summed E-state index contributed by atoms with van der Waals surface area (Å²) >= 11 is 0. The molecule has 0 spiro atoms. The maximum atomic E-state index is 13.1. The second kappa shape index (κ2) is 59.8. The highest BCUT2D eigenvalue weighted by Crippen LogP contribution is 2.23. The summed E-state index contributed by atoms with van der Waals surface area (Å²) in [5, 5.41) is 54.7. The molecule has 0 aromatic heterocycles. The Morgan fingerprint density at radius 3 is 1.03 bits per heavy atom. The zero-order valence-electron chi connectivity index (χ0n) is 52.4.